The first-order valence-electron chi connectivity index (χ1n) is 8.87. The average Bonchev–Trinajstić information content (AvgIpc) is 3.20. The Labute approximate surface area is 165 Å². The highest BCUT2D eigenvalue weighted by Gasteiger charge is 2.21. The first kappa shape index (κ1) is 20.5. The summed E-state index contributed by atoms with van der Waals surface area (Å²) in [6.07, 6.45) is 5.38. The fraction of sp³-hybridized carbons (Fsp3) is 0.333. The molecule has 3 N–H and O–H groups in total. The monoisotopic (exact) mass is 382 g/mol. The lowest BCUT2D eigenvalue weighted by Gasteiger charge is -2.25. The van der Waals surface area contributed by atoms with E-state index in [4.69, 9.17) is 6.42 Å². The van der Waals surface area contributed by atoms with E-state index in [1.807, 2.05) is 19.1 Å². The summed E-state index contributed by atoms with van der Waals surface area (Å²) in [5.41, 5.74) is 1.37. The molecule has 1 amide bonds. The number of terminal acetylenes is 1. The van der Waals surface area contributed by atoms with Crippen LogP contribution in [0.3, 0.4) is 0 Å². The largest absolute Gasteiger partial charge is 0.357 e. The number of benzene rings is 1. The summed E-state index contributed by atoms with van der Waals surface area (Å²) in [6, 6.07) is 11.4. The molecular weight excluding hydrogens is 356 g/mol. The van der Waals surface area contributed by atoms with Crippen molar-refractivity contribution < 1.29 is 4.79 Å². The average molecular weight is 383 g/mol. The maximum absolute atomic E-state index is 12.2. The van der Waals surface area contributed by atoms with Crippen molar-refractivity contribution in [2.24, 2.45) is 4.99 Å². The van der Waals surface area contributed by atoms with Crippen LogP contribution in [0.1, 0.15) is 31.2 Å². The summed E-state index contributed by atoms with van der Waals surface area (Å²) in [4.78, 5) is 17.9. The quantitative estimate of drug-likeness (QED) is 0.391. The van der Waals surface area contributed by atoms with Crippen molar-refractivity contribution in [1.29, 1.82) is 0 Å². The van der Waals surface area contributed by atoms with Gasteiger partial charge in [-0.25, -0.2) is 4.99 Å². The maximum Gasteiger partial charge on any atom is 0.246 e. The zero-order chi connectivity index (χ0) is 19.7. The highest BCUT2D eigenvalue weighted by Crippen LogP contribution is 2.26. The molecule has 0 spiro atoms. The number of anilines is 1. The lowest BCUT2D eigenvalue weighted by Crippen LogP contribution is -2.43. The molecule has 0 fully saturated rings. The molecule has 0 bridgehead atoms. The highest BCUT2D eigenvalue weighted by molar-refractivity contribution is 7.10. The maximum atomic E-state index is 12.2. The minimum atomic E-state index is -0.195. The number of aliphatic imine (C=N–C) groups is 1. The molecule has 142 valence electrons. The number of amides is 1. The van der Waals surface area contributed by atoms with Gasteiger partial charge >= 0.3 is 0 Å². The van der Waals surface area contributed by atoms with Crippen LogP contribution in [0.15, 0.2) is 46.8 Å². The number of hydrogen-bond donors (Lipinski definition) is 3. The van der Waals surface area contributed by atoms with E-state index in [1.54, 1.807) is 23.5 Å². The third-order valence-electron chi connectivity index (χ3n) is 3.92. The Morgan fingerprint density at radius 1 is 1.26 bits per heavy atom. The van der Waals surface area contributed by atoms with Crippen LogP contribution in [0, 0.1) is 12.3 Å². The first-order valence-corrected chi connectivity index (χ1v) is 9.75. The molecule has 0 aliphatic carbocycles. The van der Waals surface area contributed by atoms with Gasteiger partial charge in [0.1, 0.15) is 6.54 Å². The minimum Gasteiger partial charge on any atom is -0.357 e. The third kappa shape index (κ3) is 6.46. The molecule has 6 heteroatoms. The number of rotatable bonds is 7. The highest BCUT2D eigenvalue weighted by atomic mass is 32.1. The molecule has 1 aromatic carbocycles. The molecule has 0 saturated heterocycles. The van der Waals surface area contributed by atoms with Gasteiger partial charge in [0.15, 0.2) is 5.96 Å². The first-order chi connectivity index (χ1) is 12.9. The van der Waals surface area contributed by atoms with E-state index in [2.05, 4.69) is 58.2 Å². The fourth-order valence-electron chi connectivity index (χ4n) is 2.44. The van der Waals surface area contributed by atoms with Gasteiger partial charge in [-0.15, -0.1) is 17.8 Å². The van der Waals surface area contributed by atoms with Gasteiger partial charge in [-0.3, -0.25) is 4.79 Å². The molecule has 2 rings (SSSR count). The third-order valence-corrected chi connectivity index (χ3v) is 5.16. The van der Waals surface area contributed by atoms with Crippen LogP contribution >= 0.6 is 11.3 Å². The molecule has 27 heavy (non-hydrogen) atoms. The van der Waals surface area contributed by atoms with Gasteiger partial charge in [0.25, 0.3) is 0 Å². The Kier molecular flexibility index (Phi) is 7.44. The summed E-state index contributed by atoms with van der Waals surface area (Å²) in [5.74, 6) is 2.98. The lowest BCUT2D eigenvalue weighted by atomic mass is 9.91. The Morgan fingerprint density at radius 3 is 2.74 bits per heavy atom. The van der Waals surface area contributed by atoms with E-state index in [1.165, 1.54) is 4.88 Å². The van der Waals surface area contributed by atoms with Crippen LogP contribution in [0.4, 0.5) is 5.69 Å². The van der Waals surface area contributed by atoms with Gasteiger partial charge in [-0.05, 0) is 36.6 Å². The second kappa shape index (κ2) is 9.79. The number of guanidine groups is 1. The molecule has 0 unspecified atom stereocenters. The fourth-order valence-corrected chi connectivity index (χ4v) is 3.29. The van der Waals surface area contributed by atoms with Crippen LogP contribution in [-0.2, 0) is 10.2 Å². The van der Waals surface area contributed by atoms with Gasteiger partial charge < -0.3 is 16.0 Å². The van der Waals surface area contributed by atoms with Gasteiger partial charge in [0.05, 0.1) is 0 Å². The standard InChI is InChI=1S/C21H26N4OS/c1-5-16-9-7-10-17(13-16)25-19(26)14-23-20(22-6-2)24-15-21(3,4)18-11-8-12-27-18/h1,7-13H,6,14-15H2,2-4H3,(H,25,26)(H2,22,23,24). The van der Waals surface area contributed by atoms with Crippen LogP contribution in [0.5, 0.6) is 0 Å². The minimum absolute atomic E-state index is 0.0229. The normalized spacial score (nSPS) is 11.6. The molecule has 0 saturated carbocycles. The zero-order valence-electron chi connectivity index (χ0n) is 16.0. The van der Waals surface area contributed by atoms with E-state index in [0.717, 1.165) is 12.1 Å². The lowest BCUT2D eigenvalue weighted by molar-refractivity contribution is -0.114. The zero-order valence-corrected chi connectivity index (χ0v) is 16.8. The Bertz CT molecular complexity index is 819. The second-order valence-corrected chi connectivity index (χ2v) is 7.63. The predicted molar refractivity (Wildman–Crippen MR) is 114 cm³/mol. The summed E-state index contributed by atoms with van der Waals surface area (Å²) < 4.78 is 0. The van der Waals surface area contributed by atoms with Crippen molar-refractivity contribution in [3.8, 4) is 12.3 Å². The molecule has 0 atom stereocenters. The van der Waals surface area contributed by atoms with Crippen molar-refractivity contribution in [2.45, 2.75) is 26.2 Å². The molecule has 1 heterocycles. The summed E-state index contributed by atoms with van der Waals surface area (Å²) in [5, 5.41) is 11.4. The van der Waals surface area contributed by atoms with E-state index in [-0.39, 0.29) is 17.9 Å². The smallest absolute Gasteiger partial charge is 0.246 e. The predicted octanol–water partition coefficient (Wildman–Crippen LogP) is 3.20. The number of carbonyl (C=O) groups excluding carboxylic acids is 1. The van der Waals surface area contributed by atoms with Crippen LogP contribution in [-0.4, -0.2) is 31.5 Å². The summed E-state index contributed by atoms with van der Waals surface area (Å²) in [6.45, 7) is 7.81. The van der Waals surface area contributed by atoms with Crippen molar-refractivity contribution in [3.05, 3.63) is 52.2 Å². The molecule has 1 aromatic heterocycles. The van der Waals surface area contributed by atoms with Crippen molar-refractivity contribution in [2.75, 3.05) is 25.0 Å². The molecular formula is C21H26N4OS. The van der Waals surface area contributed by atoms with E-state index in [0.29, 0.717) is 18.2 Å². The van der Waals surface area contributed by atoms with Gasteiger partial charge in [0.2, 0.25) is 5.91 Å². The van der Waals surface area contributed by atoms with E-state index in [9.17, 15) is 4.79 Å². The van der Waals surface area contributed by atoms with Crippen LogP contribution in [0.2, 0.25) is 0 Å². The Balaban J connectivity index is 1.94. The second-order valence-electron chi connectivity index (χ2n) is 6.68. The van der Waals surface area contributed by atoms with Gasteiger partial charge in [-0.2, -0.15) is 0 Å². The van der Waals surface area contributed by atoms with E-state index >= 15 is 0 Å². The molecule has 5 nitrogen and oxygen atoms in total. The Hall–Kier alpha value is -2.78. The molecule has 0 radical (unpaired) electrons. The van der Waals surface area contributed by atoms with Gasteiger partial charge in [0, 0.05) is 34.6 Å². The topological polar surface area (TPSA) is 65.5 Å². The Morgan fingerprint density at radius 2 is 2.07 bits per heavy atom. The van der Waals surface area contributed by atoms with Crippen molar-refractivity contribution in [3.63, 3.8) is 0 Å². The molecule has 0 aliphatic rings. The summed E-state index contributed by atoms with van der Waals surface area (Å²) in [7, 11) is 0. The van der Waals surface area contributed by atoms with Crippen molar-refractivity contribution in [1.82, 2.24) is 10.6 Å². The van der Waals surface area contributed by atoms with Gasteiger partial charge in [-0.1, -0.05) is 31.9 Å². The number of carbonyl (C=O) groups is 1. The number of hydrogen-bond acceptors (Lipinski definition) is 3. The number of nitrogens with one attached hydrogen (secondary N) is 3. The molecule has 0 aliphatic heterocycles. The molecule has 2 aromatic rings. The van der Waals surface area contributed by atoms with Crippen molar-refractivity contribution >= 4 is 28.9 Å². The van der Waals surface area contributed by atoms with E-state index < -0.39 is 0 Å². The summed E-state index contributed by atoms with van der Waals surface area (Å²) >= 11 is 1.74. The number of nitrogens with zero attached hydrogens (tertiary/aromatic N) is 1. The SMILES string of the molecule is C#Cc1cccc(NC(=O)CN=C(NCC)NCC(C)(C)c2cccs2)c1. The number of thiophene rings is 1. The van der Waals surface area contributed by atoms with Crippen LogP contribution in [0.25, 0.3) is 0 Å². The van der Waals surface area contributed by atoms with Crippen LogP contribution < -0.4 is 16.0 Å².